The highest BCUT2D eigenvalue weighted by molar-refractivity contribution is 5.77. The number of rotatable bonds is 15. The Balaban J connectivity index is 1.52. The van der Waals surface area contributed by atoms with Crippen molar-refractivity contribution in [2.75, 3.05) is 26.2 Å². The Morgan fingerprint density at radius 3 is 2.45 bits per heavy atom. The number of alkyl halides is 3. The summed E-state index contributed by atoms with van der Waals surface area (Å²) in [5.74, 6) is 2.19. The summed E-state index contributed by atoms with van der Waals surface area (Å²) in [6.07, 6.45) is 6.42. The topological polar surface area (TPSA) is 98.6 Å². The van der Waals surface area contributed by atoms with Crippen molar-refractivity contribution in [1.82, 2.24) is 25.2 Å². The molecule has 2 amide bonds. The molecule has 3 rings (SSSR count). The fraction of sp³-hybridized carbons (Fsp3) is 0.400. The van der Waals surface area contributed by atoms with Crippen LogP contribution in [0, 0.1) is 12.3 Å². The quantitative estimate of drug-likeness (QED) is 0.172. The smallest absolute Gasteiger partial charge is 0.450 e. The maximum Gasteiger partial charge on any atom is 0.573 e. The fourth-order valence-electron chi connectivity index (χ4n) is 4.01. The van der Waals surface area contributed by atoms with Crippen LogP contribution in [0.4, 0.5) is 22.8 Å². The van der Waals surface area contributed by atoms with E-state index in [2.05, 4.69) is 26.3 Å². The van der Waals surface area contributed by atoms with Crippen molar-refractivity contribution in [3.8, 4) is 29.4 Å². The van der Waals surface area contributed by atoms with E-state index < -0.39 is 12.5 Å². The minimum Gasteiger partial charge on any atom is -0.450 e. The molecule has 0 bridgehead atoms. The van der Waals surface area contributed by atoms with E-state index in [4.69, 9.17) is 11.2 Å². The summed E-state index contributed by atoms with van der Waals surface area (Å²) in [5.41, 5.74) is 1.90. The highest BCUT2D eigenvalue weighted by Gasteiger charge is 2.31. The second kappa shape index (κ2) is 16.7. The Kier molecular flexibility index (Phi) is 12.7. The number of terminal acetylenes is 1. The largest absolute Gasteiger partial charge is 0.573 e. The summed E-state index contributed by atoms with van der Waals surface area (Å²) in [6.45, 7) is 1.70. The molecule has 2 aromatic carbocycles. The molecule has 1 N–H and O–H groups in total. The molecule has 12 heteroatoms. The van der Waals surface area contributed by atoms with E-state index in [9.17, 15) is 22.8 Å². The van der Waals surface area contributed by atoms with Gasteiger partial charge in [0.1, 0.15) is 11.4 Å². The predicted molar refractivity (Wildman–Crippen MR) is 151 cm³/mol. The maximum atomic E-state index is 13.4. The number of carbonyl (C=O) groups excluding carboxylic acids is 2. The highest BCUT2D eigenvalue weighted by atomic mass is 19.4. The number of nitrogens with one attached hydrogen (secondary N) is 1. The van der Waals surface area contributed by atoms with Crippen LogP contribution in [0.25, 0.3) is 11.3 Å². The first-order valence-corrected chi connectivity index (χ1v) is 13.7. The molecule has 0 radical (unpaired) electrons. The lowest BCUT2D eigenvalue weighted by atomic mass is 10.1. The standard InChI is InChI=1S/C30H34F3N5O4/c1-2-3-4-11-22-41-28(39)34-19-9-6-10-20-37(21-18-24-12-7-5-8-13-24)29(40)38-23-27(35-36-38)25-14-16-26(17-15-25)42-30(31,32)33/h1,5,7-8,12-17,23H,3-4,6,9-11,18-22H2,(H,34,39). The maximum absolute atomic E-state index is 13.4. The third-order valence-electron chi connectivity index (χ3n) is 6.18. The van der Waals surface area contributed by atoms with Crippen molar-refractivity contribution in [2.45, 2.75) is 51.3 Å². The summed E-state index contributed by atoms with van der Waals surface area (Å²) >= 11 is 0. The number of hydrogen-bond donors (Lipinski definition) is 1. The Labute approximate surface area is 243 Å². The number of hydrogen-bond acceptors (Lipinski definition) is 6. The number of nitrogens with zero attached hydrogens (tertiary/aromatic N) is 4. The molecule has 0 aliphatic rings. The molecular formula is C30H34F3N5O4. The van der Waals surface area contributed by atoms with Gasteiger partial charge in [-0.15, -0.1) is 30.6 Å². The second-order valence-corrected chi connectivity index (χ2v) is 9.41. The Bertz CT molecular complexity index is 1290. The predicted octanol–water partition coefficient (Wildman–Crippen LogP) is 6.06. The zero-order valence-corrected chi connectivity index (χ0v) is 23.2. The number of unbranched alkanes of at least 4 members (excludes halogenated alkanes) is 4. The first-order valence-electron chi connectivity index (χ1n) is 13.7. The van der Waals surface area contributed by atoms with Gasteiger partial charge in [0.15, 0.2) is 0 Å². The Hall–Kier alpha value is -4.53. The first kappa shape index (κ1) is 32.0. The van der Waals surface area contributed by atoms with Gasteiger partial charge in [-0.25, -0.2) is 9.59 Å². The normalized spacial score (nSPS) is 11.0. The monoisotopic (exact) mass is 585 g/mol. The lowest BCUT2D eigenvalue weighted by Crippen LogP contribution is -2.37. The number of carbonyl (C=O) groups is 2. The number of aromatic nitrogens is 3. The van der Waals surface area contributed by atoms with Crippen LogP contribution in [0.5, 0.6) is 5.75 Å². The number of benzene rings is 2. The van der Waals surface area contributed by atoms with Gasteiger partial charge in [0.05, 0.1) is 12.8 Å². The van der Waals surface area contributed by atoms with E-state index in [1.807, 2.05) is 30.3 Å². The number of ether oxygens (including phenoxy) is 2. The molecule has 3 aromatic rings. The van der Waals surface area contributed by atoms with E-state index in [-0.39, 0.29) is 11.8 Å². The average molecular weight is 586 g/mol. The van der Waals surface area contributed by atoms with Gasteiger partial charge in [-0.3, -0.25) is 0 Å². The van der Waals surface area contributed by atoms with Crippen molar-refractivity contribution in [3.63, 3.8) is 0 Å². The van der Waals surface area contributed by atoms with Crippen molar-refractivity contribution >= 4 is 12.1 Å². The van der Waals surface area contributed by atoms with E-state index in [0.29, 0.717) is 63.2 Å². The summed E-state index contributed by atoms with van der Waals surface area (Å²) in [5, 5.41) is 10.7. The zero-order valence-electron chi connectivity index (χ0n) is 23.2. The lowest BCUT2D eigenvalue weighted by Gasteiger charge is -2.22. The third kappa shape index (κ3) is 11.5. The van der Waals surface area contributed by atoms with Gasteiger partial charge in [0, 0.05) is 31.6 Å². The van der Waals surface area contributed by atoms with Crippen molar-refractivity contribution in [2.24, 2.45) is 0 Å². The summed E-state index contributed by atoms with van der Waals surface area (Å²) in [4.78, 5) is 26.8. The second-order valence-electron chi connectivity index (χ2n) is 9.41. The van der Waals surface area contributed by atoms with Crippen molar-refractivity contribution in [3.05, 3.63) is 66.4 Å². The molecule has 0 spiro atoms. The zero-order chi connectivity index (χ0) is 30.2. The average Bonchev–Trinajstić information content (AvgIpc) is 3.46. The molecule has 1 heterocycles. The van der Waals surface area contributed by atoms with E-state index >= 15 is 0 Å². The molecule has 0 saturated carbocycles. The van der Waals surface area contributed by atoms with Crippen LogP contribution in [0.15, 0.2) is 60.8 Å². The van der Waals surface area contributed by atoms with Gasteiger partial charge >= 0.3 is 18.5 Å². The van der Waals surface area contributed by atoms with Crippen LogP contribution in [0.1, 0.15) is 44.1 Å². The minimum atomic E-state index is -4.79. The fourth-order valence-corrected chi connectivity index (χ4v) is 4.01. The number of alkyl carbamates (subject to hydrolysis) is 1. The highest BCUT2D eigenvalue weighted by Crippen LogP contribution is 2.25. The molecule has 0 aliphatic heterocycles. The molecule has 0 unspecified atom stereocenters. The summed E-state index contributed by atoms with van der Waals surface area (Å²) in [7, 11) is 0. The molecule has 42 heavy (non-hydrogen) atoms. The lowest BCUT2D eigenvalue weighted by molar-refractivity contribution is -0.274. The van der Waals surface area contributed by atoms with Crippen LogP contribution < -0.4 is 10.1 Å². The Morgan fingerprint density at radius 2 is 1.74 bits per heavy atom. The number of amides is 2. The first-order chi connectivity index (χ1) is 20.2. The van der Waals surface area contributed by atoms with E-state index in [0.717, 1.165) is 29.5 Å². The minimum absolute atomic E-state index is 0.327. The van der Waals surface area contributed by atoms with E-state index in [1.165, 1.54) is 30.5 Å². The van der Waals surface area contributed by atoms with Crippen LogP contribution in [0.2, 0.25) is 0 Å². The van der Waals surface area contributed by atoms with Crippen LogP contribution >= 0.6 is 0 Å². The molecule has 224 valence electrons. The summed E-state index contributed by atoms with van der Waals surface area (Å²) < 4.78 is 47.5. The van der Waals surface area contributed by atoms with Crippen molar-refractivity contribution in [1.29, 1.82) is 0 Å². The van der Waals surface area contributed by atoms with Gasteiger partial charge in [0.2, 0.25) is 0 Å². The van der Waals surface area contributed by atoms with Crippen LogP contribution in [-0.4, -0.2) is 64.6 Å². The van der Waals surface area contributed by atoms with Gasteiger partial charge in [-0.1, -0.05) is 35.5 Å². The SMILES string of the molecule is C#CCCCCOC(=O)NCCCCCN(CCc1ccccc1)C(=O)n1cc(-c2ccc(OC(F)(F)F)cc2)nn1. The number of halogens is 3. The van der Waals surface area contributed by atoms with E-state index in [1.54, 1.807) is 4.90 Å². The molecule has 0 saturated heterocycles. The van der Waals surface area contributed by atoms with Crippen LogP contribution in [-0.2, 0) is 11.2 Å². The summed E-state index contributed by atoms with van der Waals surface area (Å²) in [6, 6.07) is 14.6. The molecular weight excluding hydrogens is 551 g/mol. The molecule has 9 nitrogen and oxygen atoms in total. The van der Waals surface area contributed by atoms with Gasteiger partial charge in [-0.05, 0) is 68.4 Å². The molecule has 1 aromatic heterocycles. The molecule has 0 aliphatic carbocycles. The van der Waals surface area contributed by atoms with Gasteiger partial charge < -0.3 is 19.7 Å². The molecule has 0 fully saturated rings. The van der Waals surface area contributed by atoms with Gasteiger partial charge in [0.25, 0.3) is 0 Å². The van der Waals surface area contributed by atoms with Crippen molar-refractivity contribution < 1.29 is 32.2 Å². The third-order valence-corrected chi connectivity index (χ3v) is 6.18. The Morgan fingerprint density at radius 1 is 0.976 bits per heavy atom. The van der Waals surface area contributed by atoms with Crippen LogP contribution in [0.3, 0.4) is 0 Å². The molecule has 0 atom stereocenters. The van der Waals surface area contributed by atoms with Gasteiger partial charge in [-0.2, -0.15) is 4.68 Å².